The van der Waals surface area contributed by atoms with Gasteiger partial charge in [-0.3, -0.25) is 4.79 Å². The van der Waals surface area contributed by atoms with Crippen molar-refractivity contribution >= 4 is 17.6 Å². The van der Waals surface area contributed by atoms with Gasteiger partial charge in [0.05, 0.1) is 25.1 Å². The lowest BCUT2D eigenvalue weighted by Crippen LogP contribution is -2.29. The zero-order chi connectivity index (χ0) is 19.0. The largest absolute Gasteiger partial charge is 0.481 e. The van der Waals surface area contributed by atoms with E-state index in [2.05, 4.69) is 17.5 Å². The molecule has 2 aliphatic rings. The summed E-state index contributed by atoms with van der Waals surface area (Å²) in [6.07, 6.45) is 5.42. The fraction of sp³-hybridized carbons (Fsp3) is 0.273. The van der Waals surface area contributed by atoms with Crippen molar-refractivity contribution < 1.29 is 19.4 Å². The van der Waals surface area contributed by atoms with E-state index < -0.39 is 5.97 Å². The van der Waals surface area contributed by atoms with Crippen molar-refractivity contribution in [2.45, 2.75) is 24.8 Å². The minimum absolute atomic E-state index is 0.0345. The Kier molecular flexibility index (Phi) is 4.44. The van der Waals surface area contributed by atoms with Crippen LogP contribution in [-0.2, 0) is 16.0 Å². The molecule has 0 saturated carbocycles. The standard InChI is InChI=1S/C22H21NO4/c1-27-22(26)15-8-6-14(7-9-15)21-17-4-2-3-16(17)18-11-13(12-20(24)25)5-10-19(18)23-21/h2-3,5-11,16-17,21,23H,4,12H2,1H3,(H,24,25)/t16-,17+,21+/m0/s1. The van der Waals surface area contributed by atoms with Gasteiger partial charge in [-0.25, -0.2) is 4.79 Å². The summed E-state index contributed by atoms with van der Waals surface area (Å²) >= 11 is 0. The third-order valence-electron chi connectivity index (χ3n) is 5.47. The quantitative estimate of drug-likeness (QED) is 0.636. The molecule has 0 saturated heterocycles. The van der Waals surface area contributed by atoms with Crippen LogP contribution in [0.5, 0.6) is 0 Å². The molecular formula is C22H21NO4. The van der Waals surface area contributed by atoms with E-state index >= 15 is 0 Å². The molecule has 4 rings (SSSR count). The Labute approximate surface area is 157 Å². The summed E-state index contributed by atoms with van der Waals surface area (Å²) in [5.74, 6) is -0.530. The number of ether oxygens (including phenoxy) is 1. The number of carboxylic acids is 1. The first-order valence-corrected chi connectivity index (χ1v) is 9.03. The molecule has 2 aromatic carbocycles. The van der Waals surface area contributed by atoms with Crippen molar-refractivity contribution in [3.63, 3.8) is 0 Å². The summed E-state index contributed by atoms with van der Waals surface area (Å²) in [5, 5.41) is 12.7. The highest BCUT2D eigenvalue weighted by atomic mass is 16.5. The van der Waals surface area contributed by atoms with E-state index in [-0.39, 0.29) is 24.3 Å². The Hall–Kier alpha value is -3.08. The number of carboxylic acid groups (broad SMARTS) is 1. The maximum Gasteiger partial charge on any atom is 0.337 e. The lowest BCUT2D eigenvalue weighted by molar-refractivity contribution is -0.136. The molecule has 1 aliphatic carbocycles. The van der Waals surface area contributed by atoms with Crippen LogP contribution in [0, 0.1) is 5.92 Å². The van der Waals surface area contributed by atoms with E-state index in [4.69, 9.17) is 9.84 Å². The van der Waals surface area contributed by atoms with E-state index in [9.17, 15) is 9.59 Å². The Bertz CT molecular complexity index is 916. The molecule has 0 spiro atoms. The molecule has 0 fully saturated rings. The summed E-state index contributed by atoms with van der Waals surface area (Å²) in [5.41, 5.74) is 4.69. The monoisotopic (exact) mass is 363 g/mol. The first kappa shape index (κ1) is 17.3. The number of rotatable bonds is 4. The molecular weight excluding hydrogens is 342 g/mol. The lowest BCUT2D eigenvalue weighted by Gasteiger charge is -2.37. The van der Waals surface area contributed by atoms with Crippen molar-refractivity contribution in [1.29, 1.82) is 0 Å². The van der Waals surface area contributed by atoms with Crippen molar-refractivity contribution in [1.82, 2.24) is 0 Å². The zero-order valence-corrected chi connectivity index (χ0v) is 15.0. The number of benzene rings is 2. The zero-order valence-electron chi connectivity index (χ0n) is 15.0. The number of esters is 1. The van der Waals surface area contributed by atoms with Gasteiger partial charge in [-0.15, -0.1) is 0 Å². The number of hydrogen-bond donors (Lipinski definition) is 2. The summed E-state index contributed by atoms with van der Waals surface area (Å²) < 4.78 is 4.77. The fourth-order valence-electron chi connectivity index (χ4n) is 4.20. The second-order valence-corrected chi connectivity index (χ2v) is 7.08. The van der Waals surface area contributed by atoms with Crippen LogP contribution in [0.15, 0.2) is 54.6 Å². The molecule has 0 bridgehead atoms. The van der Waals surface area contributed by atoms with Crippen LogP contribution in [0.3, 0.4) is 0 Å². The third-order valence-corrected chi connectivity index (χ3v) is 5.47. The summed E-state index contributed by atoms with van der Waals surface area (Å²) in [4.78, 5) is 22.7. The number of carbonyl (C=O) groups is 2. The number of allylic oxidation sites excluding steroid dienone is 2. The molecule has 1 heterocycles. The van der Waals surface area contributed by atoms with Gasteiger partial charge in [0, 0.05) is 11.6 Å². The summed E-state index contributed by atoms with van der Waals surface area (Å²) in [6, 6.07) is 13.5. The number of anilines is 1. The predicted octanol–water partition coefficient (Wildman–Crippen LogP) is 3.93. The number of fused-ring (bicyclic) bond motifs is 3. The number of methoxy groups -OCH3 is 1. The molecule has 0 aromatic heterocycles. The summed E-state index contributed by atoms with van der Waals surface area (Å²) in [6.45, 7) is 0. The van der Waals surface area contributed by atoms with Gasteiger partial charge < -0.3 is 15.2 Å². The van der Waals surface area contributed by atoms with Gasteiger partial charge in [-0.1, -0.05) is 36.4 Å². The molecule has 138 valence electrons. The van der Waals surface area contributed by atoms with Crippen LogP contribution in [0.4, 0.5) is 5.69 Å². The number of nitrogens with one attached hydrogen (secondary N) is 1. The third kappa shape index (κ3) is 3.21. The molecule has 2 aromatic rings. The number of hydrogen-bond acceptors (Lipinski definition) is 4. The maximum absolute atomic E-state index is 11.7. The normalized spacial score (nSPS) is 22.5. The van der Waals surface area contributed by atoms with Crippen LogP contribution in [0.25, 0.3) is 0 Å². The molecule has 27 heavy (non-hydrogen) atoms. The molecule has 1 aliphatic heterocycles. The van der Waals surface area contributed by atoms with Crippen LogP contribution in [-0.4, -0.2) is 24.2 Å². The Morgan fingerprint density at radius 3 is 2.67 bits per heavy atom. The minimum Gasteiger partial charge on any atom is -0.481 e. The van der Waals surface area contributed by atoms with Crippen molar-refractivity contribution in [2.24, 2.45) is 5.92 Å². The van der Waals surface area contributed by atoms with Crippen molar-refractivity contribution in [3.8, 4) is 0 Å². The predicted molar refractivity (Wildman–Crippen MR) is 102 cm³/mol. The van der Waals surface area contributed by atoms with Crippen LogP contribution in [0.1, 0.15) is 45.4 Å². The van der Waals surface area contributed by atoms with Gasteiger partial charge in [0.15, 0.2) is 0 Å². The first-order valence-electron chi connectivity index (χ1n) is 9.03. The van der Waals surface area contributed by atoms with Crippen LogP contribution >= 0.6 is 0 Å². The average molecular weight is 363 g/mol. The van der Waals surface area contributed by atoms with Gasteiger partial charge in [0.2, 0.25) is 0 Å². The van der Waals surface area contributed by atoms with Crippen LogP contribution < -0.4 is 5.32 Å². The molecule has 0 unspecified atom stereocenters. The molecule has 0 amide bonds. The van der Waals surface area contributed by atoms with Gasteiger partial charge in [-0.05, 0) is 47.2 Å². The molecule has 0 radical (unpaired) electrons. The first-order chi connectivity index (χ1) is 13.1. The number of aliphatic carboxylic acids is 1. The highest BCUT2D eigenvalue weighted by molar-refractivity contribution is 5.89. The number of carbonyl (C=O) groups excluding carboxylic acids is 1. The highest BCUT2D eigenvalue weighted by Crippen LogP contribution is 2.49. The average Bonchev–Trinajstić information content (AvgIpc) is 3.17. The van der Waals surface area contributed by atoms with E-state index in [0.717, 1.165) is 28.8 Å². The van der Waals surface area contributed by atoms with Crippen molar-refractivity contribution in [3.05, 3.63) is 76.9 Å². The Morgan fingerprint density at radius 1 is 1.19 bits per heavy atom. The van der Waals surface area contributed by atoms with Gasteiger partial charge in [0.25, 0.3) is 0 Å². The molecule has 2 N–H and O–H groups in total. The topological polar surface area (TPSA) is 75.6 Å². The molecule has 3 atom stereocenters. The van der Waals surface area contributed by atoms with Crippen molar-refractivity contribution in [2.75, 3.05) is 12.4 Å². The smallest absolute Gasteiger partial charge is 0.337 e. The van der Waals surface area contributed by atoms with Gasteiger partial charge >= 0.3 is 11.9 Å². The summed E-state index contributed by atoms with van der Waals surface area (Å²) in [7, 11) is 1.38. The molecule has 5 nitrogen and oxygen atoms in total. The fourth-order valence-corrected chi connectivity index (χ4v) is 4.20. The second-order valence-electron chi connectivity index (χ2n) is 7.08. The second kappa shape index (κ2) is 6.91. The van der Waals surface area contributed by atoms with Gasteiger partial charge in [-0.2, -0.15) is 0 Å². The highest BCUT2D eigenvalue weighted by Gasteiger charge is 2.37. The van der Waals surface area contributed by atoms with E-state index in [0.29, 0.717) is 11.5 Å². The van der Waals surface area contributed by atoms with Gasteiger partial charge in [0.1, 0.15) is 0 Å². The van der Waals surface area contributed by atoms with E-state index in [1.807, 2.05) is 30.3 Å². The Balaban J connectivity index is 1.66. The lowest BCUT2D eigenvalue weighted by atomic mass is 9.76. The molecule has 5 heteroatoms. The minimum atomic E-state index is -0.819. The maximum atomic E-state index is 11.7. The van der Waals surface area contributed by atoms with Crippen LogP contribution in [0.2, 0.25) is 0 Å². The van der Waals surface area contributed by atoms with E-state index in [1.54, 1.807) is 12.1 Å². The SMILES string of the molecule is COC(=O)c1ccc([C@H]2Nc3ccc(CC(=O)O)cc3[C@H]3C=CC[C@H]32)cc1. The Morgan fingerprint density at radius 2 is 1.96 bits per heavy atom. The van der Waals surface area contributed by atoms with E-state index in [1.165, 1.54) is 7.11 Å².